The van der Waals surface area contributed by atoms with Gasteiger partial charge in [-0.1, -0.05) is 5.16 Å². The number of rotatable bonds is 3. The van der Waals surface area contributed by atoms with Crippen molar-refractivity contribution in [2.45, 2.75) is 25.7 Å². The molecule has 0 aliphatic carbocycles. The third kappa shape index (κ3) is 2.62. The summed E-state index contributed by atoms with van der Waals surface area (Å²) in [5.74, 6) is -1.34. The van der Waals surface area contributed by atoms with Gasteiger partial charge >= 0.3 is 0 Å². The number of nitrogens with zero attached hydrogens (tertiary/aromatic N) is 2. The van der Waals surface area contributed by atoms with Gasteiger partial charge in [-0.05, 0) is 38.0 Å². The molecule has 2 aromatic rings. The Kier molecular flexibility index (Phi) is 2.58. The average molecular weight is 313 g/mol. The lowest BCUT2D eigenvalue weighted by Gasteiger charge is -2.18. The second kappa shape index (κ2) is 5.21. The van der Waals surface area contributed by atoms with Crippen LogP contribution in [0.25, 0.3) is 0 Å². The van der Waals surface area contributed by atoms with Crippen LogP contribution in [-0.2, 0) is 14.8 Å². The zero-order valence-electron chi connectivity index (χ0n) is 15.5. The largest absolute Gasteiger partial charge is 0.399 e. The predicted molar refractivity (Wildman–Crippen MR) is 77.2 cm³/mol. The summed E-state index contributed by atoms with van der Waals surface area (Å²) in [7, 11) is -4.81. The lowest BCUT2D eigenvalue weighted by molar-refractivity contribution is -0.115. The second-order valence-electron chi connectivity index (χ2n) is 4.23. The van der Waals surface area contributed by atoms with E-state index in [0.29, 0.717) is 5.69 Å². The molecule has 1 aromatic heterocycles. The molecule has 1 heterocycles. The number of nitrogens with two attached hydrogens (primary N) is 1. The normalized spacial score (nSPS) is 14.0. The van der Waals surface area contributed by atoms with Crippen LogP contribution in [0.1, 0.15) is 23.7 Å². The van der Waals surface area contributed by atoms with E-state index in [9.17, 15) is 13.2 Å². The molecule has 1 aromatic carbocycles. The highest BCUT2D eigenvalue weighted by Gasteiger charge is 2.33. The Labute approximate surface area is 128 Å². The number of hydrogen-bond acceptors (Lipinski definition) is 6. The fourth-order valence-electron chi connectivity index (χ4n) is 1.55. The maximum absolute atomic E-state index is 13.0. The van der Waals surface area contributed by atoms with Crippen LogP contribution in [0.3, 0.4) is 0 Å². The van der Waals surface area contributed by atoms with Crippen molar-refractivity contribution >= 4 is 27.5 Å². The number of anilines is 2. The van der Waals surface area contributed by atoms with Gasteiger partial charge in [-0.3, -0.25) is 4.79 Å². The molecule has 8 heteroatoms. The van der Waals surface area contributed by atoms with E-state index in [-0.39, 0.29) is 15.8 Å². The third-order valence-electron chi connectivity index (χ3n) is 2.72. The lowest BCUT2D eigenvalue weighted by Crippen LogP contribution is -2.35. The van der Waals surface area contributed by atoms with Crippen molar-refractivity contribution in [2.75, 3.05) is 10.0 Å². The fourth-order valence-corrected chi connectivity index (χ4v) is 2.81. The molecule has 0 saturated heterocycles. The summed E-state index contributed by atoms with van der Waals surface area (Å²) in [4.78, 5) is 11.0. The highest BCUT2D eigenvalue weighted by molar-refractivity contribution is 7.93. The summed E-state index contributed by atoms with van der Waals surface area (Å²) < 4.78 is 62.2. The molecule has 112 valence electrons. The zero-order chi connectivity index (χ0) is 19.3. The van der Waals surface area contributed by atoms with E-state index in [1.165, 1.54) is 6.92 Å². The van der Waals surface area contributed by atoms with Crippen LogP contribution < -0.4 is 10.0 Å². The molecule has 7 nitrogen and oxygen atoms in total. The van der Waals surface area contributed by atoms with E-state index in [2.05, 4.69) is 5.16 Å². The summed E-state index contributed by atoms with van der Waals surface area (Å²) >= 11 is 0. The number of hydrogen-bond donors (Lipinski definition) is 1. The molecular formula is C13H15N3O4S. The van der Waals surface area contributed by atoms with Gasteiger partial charge in [0, 0.05) is 18.2 Å². The van der Waals surface area contributed by atoms with Gasteiger partial charge in [0.2, 0.25) is 5.91 Å². The SMILES string of the molecule is [2H]c1c([2H])c(S(=O)(=O)N(C(C)=O)c2onc(C)c2C)c([2H])c([2H])c1N. The monoisotopic (exact) mass is 313 g/mol. The molecule has 2 N–H and O–H groups in total. The number of aromatic nitrogens is 1. The van der Waals surface area contributed by atoms with Gasteiger partial charge in [0.15, 0.2) is 0 Å². The molecule has 0 atom stereocenters. The number of benzene rings is 1. The molecule has 0 radical (unpaired) electrons. The standard InChI is InChI=1S/C13H15N3O4S/c1-8-9(2)15-20-13(8)16(10(3)17)21(18,19)12-6-4-11(14)5-7-12/h4-7H,14H2,1-3H3/i4D,5D,6D,7D. The van der Waals surface area contributed by atoms with Crippen molar-refractivity contribution in [3.63, 3.8) is 0 Å². The van der Waals surface area contributed by atoms with Gasteiger partial charge in [-0.15, -0.1) is 0 Å². The van der Waals surface area contributed by atoms with E-state index in [4.69, 9.17) is 15.7 Å². The number of amides is 1. The minimum atomic E-state index is -4.81. The summed E-state index contributed by atoms with van der Waals surface area (Å²) in [6.45, 7) is 4.00. The Morgan fingerprint density at radius 3 is 2.33 bits per heavy atom. The van der Waals surface area contributed by atoms with Gasteiger partial charge < -0.3 is 10.3 Å². The molecule has 1 amide bonds. The van der Waals surface area contributed by atoms with Crippen molar-refractivity contribution < 1.29 is 23.2 Å². The van der Waals surface area contributed by atoms with Gasteiger partial charge in [0.1, 0.15) is 0 Å². The molecule has 0 saturated carbocycles. The summed E-state index contributed by atoms with van der Waals surface area (Å²) in [5.41, 5.74) is 5.60. The Bertz CT molecular complexity index is 959. The molecule has 0 unspecified atom stereocenters. The predicted octanol–water partition coefficient (Wildman–Crippen LogP) is 1.62. The summed E-state index contributed by atoms with van der Waals surface area (Å²) in [6, 6.07) is -3.18. The highest BCUT2D eigenvalue weighted by Crippen LogP contribution is 2.28. The molecule has 0 bridgehead atoms. The van der Waals surface area contributed by atoms with Crippen LogP contribution in [0.4, 0.5) is 11.6 Å². The topological polar surface area (TPSA) is 106 Å². The summed E-state index contributed by atoms with van der Waals surface area (Å²) in [5, 5.41) is 3.60. The van der Waals surface area contributed by atoms with Crippen molar-refractivity contribution in [3.8, 4) is 0 Å². The van der Waals surface area contributed by atoms with Gasteiger partial charge in [-0.2, -0.15) is 4.31 Å². The number of carbonyl (C=O) groups excluding carboxylic acids is 1. The minimum absolute atomic E-state index is 0.267. The van der Waals surface area contributed by atoms with Crippen LogP contribution in [0, 0.1) is 13.8 Å². The average Bonchev–Trinajstić information content (AvgIpc) is 2.83. The first-order valence-electron chi connectivity index (χ1n) is 7.77. The van der Waals surface area contributed by atoms with Crippen LogP contribution >= 0.6 is 0 Å². The van der Waals surface area contributed by atoms with Crippen molar-refractivity contribution in [2.24, 2.45) is 0 Å². The van der Waals surface area contributed by atoms with E-state index in [0.717, 1.165) is 6.92 Å². The Morgan fingerprint density at radius 1 is 1.33 bits per heavy atom. The van der Waals surface area contributed by atoms with E-state index in [1.807, 2.05) is 0 Å². The van der Waals surface area contributed by atoms with Gasteiger partial charge in [-0.25, -0.2) is 8.42 Å². The molecule has 21 heavy (non-hydrogen) atoms. The minimum Gasteiger partial charge on any atom is -0.399 e. The fraction of sp³-hybridized carbons (Fsp3) is 0.231. The van der Waals surface area contributed by atoms with E-state index >= 15 is 0 Å². The Balaban J connectivity index is 2.85. The van der Waals surface area contributed by atoms with Gasteiger partial charge in [0.05, 0.1) is 16.1 Å². The van der Waals surface area contributed by atoms with Crippen LogP contribution in [-0.4, -0.2) is 19.5 Å². The Morgan fingerprint density at radius 2 is 1.90 bits per heavy atom. The second-order valence-corrected chi connectivity index (χ2v) is 5.95. The molecular weight excluding hydrogens is 294 g/mol. The summed E-state index contributed by atoms with van der Waals surface area (Å²) in [6.07, 6.45) is 0. The number of carbonyl (C=O) groups is 1. The van der Waals surface area contributed by atoms with Gasteiger partial charge in [0.25, 0.3) is 15.9 Å². The molecule has 0 spiro atoms. The molecule has 0 fully saturated rings. The molecule has 0 aliphatic rings. The number of aryl methyl sites for hydroxylation is 1. The molecule has 2 rings (SSSR count). The van der Waals surface area contributed by atoms with Crippen LogP contribution in [0.2, 0.25) is 0 Å². The maximum Gasteiger partial charge on any atom is 0.273 e. The smallest absolute Gasteiger partial charge is 0.273 e. The van der Waals surface area contributed by atoms with E-state index in [1.54, 1.807) is 6.92 Å². The first-order chi connectivity index (χ1) is 11.4. The number of sulfonamides is 1. The van der Waals surface area contributed by atoms with Crippen LogP contribution in [0.5, 0.6) is 0 Å². The first kappa shape index (κ1) is 10.4. The van der Waals surface area contributed by atoms with Crippen LogP contribution in [0.15, 0.2) is 33.6 Å². The zero-order valence-corrected chi connectivity index (χ0v) is 12.3. The highest BCUT2D eigenvalue weighted by atomic mass is 32.2. The van der Waals surface area contributed by atoms with Crippen molar-refractivity contribution in [1.29, 1.82) is 0 Å². The van der Waals surface area contributed by atoms with Crippen molar-refractivity contribution in [3.05, 3.63) is 35.4 Å². The van der Waals surface area contributed by atoms with Crippen molar-refractivity contribution in [1.82, 2.24) is 5.16 Å². The third-order valence-corrected chi connectivity index (χ3v) is 4.35. The number of nitrogen functional groups attached to an aromatic ring is 1. The maximum atomic E-state index is 13.0. The Hall–Kier alpha value is -2.35. The lowest BCUT2D eigenvalue weighted by atomic mass is 10.3. The first-order valence-corrected chi connectivity index (χ1v) is 7.21. The quantitative estimate of drug-likeness (QED) is 0.863. The van der Waals surface area contributed by atoms with E-state index < -0.39 is 50.7 Å². The molecule has 0 aliphatic heterocycles.